The first-order valence-electron chi connectivity index (χ1n) is 5.06. The number of ether oxygens (including phenoxy) is 1. The van der Waals surface area contributed by atoms with Crippen molar-refractivity contribution in [1.29, 1.82) is 0 Å². The molecule has 0 aliphatic rings. The fourth-order valence-electron chi connectivity index (χ4n) is 1.33. The standard InChI is InChI=1S/C12H11Cl2NO2/c1-3-17-12(16)10(15-2)7-8-5-4-6-9(13)11(8)14/h4-6,10H,3,7H2,1H3. The first-order chi connectivity index (χ1) is 8.10. The molecular weight excluding hydrogens is 261 g/mol. The molecule has 0 spiro atoms. The number of carbonyl (C=O) groups is 1. The van der Waals surface area contributed by atoms with Gasteiger partial charge in [0.2, 0.25) is 0 Å². The lowest BCUT2D eigenvalue weighted by Gasteiger charge is -2.07. The van der Waals surface area contributed by atoms with E-state index < -0.39 is 12.0 Å². The van der Waals surface area contributed by atoms with Gasteiger partial charge in [-0.15, -0.1) is 0 Å². The van der Waals surface area contributed by atoms with Crippen LogP contribution >= 0.6 is 23.2 Å². The molecule has 5 heteroatoms. The summed E-state index contributed by atoms with van der Waals surface area (Å²) in [5.41, 5.74) is 0.674. The number of halogens is 2. The van der Waals surface area contributed by atoms with Crippen LogP contribution in [0.2, 0.25) is 10.0 Å². The Balaban J connectivity index is 2.85. The zero-order valence-electron chi connectivity index (χ0n) is 9.24. The van der Waals surface area contributed by atoms with Gasteiger partial charge in [0, 0.05) is 0 Å². The summed E-state index contributed by atoms with van der Waals surface area (Å²) in [6.07, 6.45) is 0.210. The molecule has 1 aromatic carbocycles. The summed E-state index contributed by atoms with van der Waals surface area (Å²) in [6, 6.07) is 4.26. The van der Waals surface area contributed by atoms with Gasteiger partial charge in [0.15, 0.2) is 0 Å². The van der Waals surface area contributed by atoms with Gasteiger partial charge in [-0.25, -0.2) is 11.4 Å². The highest BCUT2D eigenvalue weighted by molar-refractivity contribution is 6.42. The monoisotopic (exact) mass is 271 g/mol. The molecule has 0 saturated heterocycles. The summed E-state index contributed by atoms with van der Waals surface area (Å²) in [6.45, 7) is 8.95. The van der Waals surface area contributed by atoms with E-state index in [9.17, 15) is 4.79 Å². The first-order valence-corrected chi connectivity index (χ1v) is 5.81. The molecule has 1 unspecified atom stereocenters. The number of nitrogens with zero attached hydrogens (tertiary/aromatic N) is 1. The highest BCUT2D eigenvalue weighted by Gasteiger charge is 2.26. The maximum absolute atomic E-state index is 11.5. The Bertz CT molecular complexity index is 454. The predicted molar refractivity (Wildman–Crippen MR) is 67.2 cm³/mol. The van der Waals surface area contributed by atoms with Crippen molar-refractivity contribution < 1.29 is 9.53 Å². The van der Waals surface area contributed by atoms with Crippen LogP contribution in [0.15, 0.2) is 18.2 Å². The van der Waals surface area contributed by atoms with E-state index >= 15 is 0 Å². The van der Waals surface area contributed by atoms with Gasteiger partial charge in [0.1, 0.15) is 0 Å². The fraction of sp³-hybridized carbons (Fsp3) is 0.333. The fourth-order valence-corrected chi connectivity index (χ4v) is 1.73. The molecule has 17 heavy (non-hydrogen) atoms. The third-order valence-corrected chi connectivity index (χ3v) is 3.02. The van der Waals surface area contributed by atoms with Crippen LogP contribution in [0.5, 0.6) is 0 Å². The van der Waals surface area contributed by atoms with Crippen LogP contribution in [0, 0.1) is 6.57 Å². The SMILES string of the molecule is [C-]#[N+]C(Cc1cccc(Cl)c1Cl)C(=O)OCC. The second kappa shape index (κ2) is 6.48. The first kappa shape index (κ1) is 13.8. The summed E-state index contributed by atoms with van der Waals surface area (Å²) < 4.78 is 4.81. The molecule has 0 N–H and O–H groups in total. The minimum atomic E-state index is -0.870. The van der Waals surface area contributed by atoms with Gasteiger partial charge in [-0.2, -0.15) is 0 Å². The van der Waals surface area contributed by atoms with Crippen molar-refractivity contribution in [1.82, 2.24) is 0 Å². The lowest BCUT2D eigenvalue weighted by molar-refractivity contribution is -0.143. The van der Waals surface area contributed by atoms with Crippen LogP contribution in [0.1, 0.15) is 12.5 Å². The molecule has 0 amide bonds. The van der Waals surface area contributed by atoms with E-state index in [0.29, 0.717) is 15.6 Å². The van der Waals surface area contributed by atoms with Crippen LogP contribution < -0.4 is 0 Å². The van der Waals surface area contributed by atoms with Crippen molar-refractivity contribution in [2.24, 2.45) is 0 Å². The Morgan fingerprint density at radius 1 is 1.53 bits per heavy atom. The Morgan fingerprint density at radius 2 is 2.24 bits per heavy atom. The summed E-state index contributed by atoms with van der Waals surface area (Å²) in [5, 5.41) is 0.795. The van der Waals surface area contributed by atoms with Crippen LogP contribution in [0.4, 0.5) is 0 Å². The van der Waals surface area contributed by atoms with Crippen molar-refractivity contribution in [3.05, 3.63) is 45.2 Å². The highest BCUT2D eigenvalue weighted by Crippen LogP contribution is 2.26. The van der Waals surface area contributed by atoms with Gasteiger partial charge in [0.05, 0.1) is 23.1 Å². The van der Waals surface area contributed by atoms with E-state index in [1.165, 1.54) is 0 Å². The summed E-state index contributed by atoms with van der Waals surface area (Å²) >= 11 is 11.8. The number of hydrogen-bond donors (Lipinski definition) is 0. The summed E-state index contributed by atoms with van der Waals surface area (Å²) in [7, 11) is 0. The second-order valence-corrected chi connectivity index (χ2v) is 4.10. The van der Waals surface area contributed by atoms with Crippen LogP contribution in [0.3, 0.4) is 0 Å². The quantitative estimate of drug-likeness (QED) is 0.621. The molecule has 0 bridgehead atoms. The Labute approximate surface area is 110 Å². The summed E-state index contributed by atoms with van der Waals surface area (Å²) in [5.74, 6) is -0.529. The third-order valence-electron chi connectivity index (χ3n) is 2.16. The maximum Gasteiger partial charge on any atom is 0.390 e. The van der Waals surface area contributed by atoms with E-state index in [1.807, 2.05) is 0 Å². The van der Waals surface area contributed by atoms with Gasteiger partial charge in [0.25, 0.3) is 0 Å². The van der Waals surface area contributed by atoms with Crippen molar-refractivity contribution in [3.63, 3.8) is 0 Å². The minimum absolute atomic E-state index is 0.210. The molecule has 1 aromatic rings. The average Bonchev–Trinajstić information content (AvgIpc) is 2.31. The Kier molecular flexibility index (Phi) is 5.27. The van der Waals surface area contributed by atoms with E-state index in [2.05, 4.69) is 4.85 Å². The Hall–Kier alpha value is -1.24. The van der Waals surface area contributed by atoms with Crippen LogP contribution in [-0.4, -0.2) is 18.6 Å². The molecule has 0 fully saturated rings. The number of hydrogen-bond acceptors (Lipinski definition) is 2. The van der Waals surface area contributed by atoms with Gasteiger partial charge in [-0.1, -0.05) is 35.3 Å². The summed E-state index contributed by atoms with van der Waals surface area (Å²) in [4.78, 5) is 14.7. The van der Waals surface area contributed by atoms with E-state index in [-0.39, 0.29) is 13.0 Å². The van der Waals surface area contributed by atoms with Gasteiger partial charge in [-0.3, -0.25) is 0 Å². The molecule has 90 valence electrons. The number of rotatable bonds is 4. The number of carbonyl (C=O) groups excluding carboxylic acids is 1. The molecule has 1 rings (SSSR count). The van der Waals surface area contributed by atoms with Crippen molar-refractivity contribution in [3.8, 4) is 0 Å². The van der Waals surface area contributed by atoms with E-state index in [4.69, 9.17) is 34.5 Å². The van der Waals surface area contributed by atoms with E-state index in [0.717, 1.165) is 0 Å². The number of benzene rings is 1. The van der Waals surface area contributed by atoms with Gasteiger partial charge < -0.3 is 9.58 Å². The Morgan fingerprint density at radius 3 is 2.82 bits per heavy atom. The molecule has 0 aliphatic carbocycles. The topological polar surface area (TPSA) is 30.7 Å². The molecule has 0 saturated carbocycles. The van der Waals surface area contributed by atoms with Crippen LogP contribution in [-0.2, 0) is 16.0 Å². The molecule has 0 heterocycles. The number of esters is 1. The van der Waals surface area contributed by atoms with Gasteiger partial charge in [-0.05, 0) is 18.6 Å². The lowest BCUT2D eigenvalue weighted by atomic mass is 10.1. The van der Waals surface area contributed by atoms with Gasteiger partial charge >= 0.3 is 12.0 Å². The van der Waals surface area contributed by atoms with Crippen LogP contribution in [0.25, 0.3) is 4.85 Å². The van der Waals surface area contributed by atoms with Crippen molar-refractivity contribution >= 4 is 29.2 Å². The average molecular weight is 272 g/mol. The maximum atomic E-state index is 11.5. The molecule has 0 aromatic heterocycles. The molecule has 1 atom stereocenters. The van der Waals surface area contributed by atoms with Crippen molar-refractivity contribution in [2.45, 2.75) is 19.4 Å². The second-order valence-electron chi connectivity index (χ2n) is 3.31. The largest absolute Gasteiger partial charge is 0.460 e. The molecular formula is C12H11Cl2NO2. The minimum Gasteiger partial charge on any atom is -0.460 e. The van der Waals surface area contributed by atoms with E-state index in [1.54, 1.807) is 25.1 Å². The molecule has 0 radical (unpaired) electrons. The lowest BCUT2D eigenvalue weighted by Crippen LogP contribution is -2.22. The highest BCUT2D eigenvalue weighted by atomic mass is 35.5. The smallest absolute Gasteiger partial charge is 0.390 e. The molecule has 3 nitrogen and oxygen atoms in total. The molecule has 0 aliphatic heterocycles. The predicted octanol–water partition coefficient (Wildman–Crippen LogP) is 3.39. The van der Waals surface area contributed by atoms with Crippen molar-refractivity contribution in [2.75, 3.05) is 6.61 Å². The normalized spacial score (nSPS) is 11.6. The zero-order chi connectivity index (χ0) is 12.8. The third kappa shape index (κ3) is 3.62. The zero-order valence-corrected chi connectivity index (χ0v) is 10.8.